The van der Waals surface area contributed by atoms with Crippen LogP contribution in [-0.4, -0.2) is 30.8 Å². The maximum absolute atomic E-state index is 11.7. The fraction of sp³-hybridized carbons (Fsp3) is 0.562. The molecule has 4 heteroatoms. The van der Waals surface area contributed by atoms with Crippen LogP contribution >= 0.6 is 0 Å². The SMILES string of the molecule is Cc1ccc(OCCC(=O)NCC2(CO)CC2)cc1C. The van der Waals surface area contributed by atoms with Gasteiger partial charge >= 0.3 is 0 Å². The Kier molecular flexibility index (Phi) is 4.65. The smallest absolute Gasteiger partial charge is 0.223 e. The predicted molar refractivity (Wildman–Crippen MR) is 77.8 cm³/mol. The van der Waals surface area contributed by atoms with Crippen molar-refractivity contribution in [1.82, 2.24) is 5.32 Å². The first-order valence-corrected chi connectivity index (χ1v) is 7.12. The van der Waals surface area contributed by atoms with E-state index in [9.17, 15) is 4.79 Å². The summed E-state index contributed by atoms with van der Waals surface area (Å²) in [6, 6.07) is 5.92. The average molecular weight is 277 g/mol. The third kappa shape index (κ3) is 3.97. The molecule has 2 rings (SSSR count). The van der Waals surface area contributed by atoms with E-state index in [4.69, 9.17) is 9.84 Å². The normalized spacial score (nSPS) is 15.8. The van der Waals surface area contributed by atoms with Crippen molar-refractivity contribution < 1.29 is 14.6 Å². The van der Waals surface area contributed by atoms with E-state index in [0.717, 1.165) is 18.6 Å². The number of ether oxygens (including phenoxy) is 1. The Balaban J connectivity index is 1.67. The summed E-state index contributed by atoms with van der Waals surface area (Å²) >= 11 is 0. The maximum atomic E-state index is 11.7. The van der Waals surface area contributed by atoms with Crippen LogP contribution in [0, 0.1) is 19.3 Å². The van der Waals surface area contributed by atoms with E-state index >= 15 is 0 Å². The van der Waals surface area contributed by atoms with Crippen LogP contribution in [0.15, 0.2) is 18.2 Å². The Morgan fingerprint density at radius 2 is 2.10 bits per heavy atom. The van der Waals surface area contributed by atoms with Gasteiger partial charge in [-0.25, -0.2) is 0 Å². The molecule has 1 aliphatic carbocycles. The fourth-order valence-electron chi connectivity index (χ4n) is 2.01. The van der Waals surface area contributed by atoms with Crippen LogP contribution in [0.5, 0.6) is 5.75 Å². The Hall–Kier alpha value is -1.55. The summed E-state index contributed by atoms with van der Waals surface area (Å²) < 4.78 is 5.58. The zero-order valence-corrected chi connectivity index (χ0v) is 12.2. The molecule has 0 spiro atoms. The van der Waals surface area contributed by atoms with Gasteiger partial charge in [-0.3, -0.25) is 4.79 Å². The highest BCUT2D eigenvalue weighted by Gasteiger charge is 2.41. The number of carbonyl (C=O) groups is 1. The molecule has 0 saturated heterocycles. The van der Waals surface area contributed by atoms with Gasteiger partial charge in [-0.1, -0.05) is 6.07 Å². The summed E-state index contributed by atoms with van der Waals surface area (Å²) in [4.78, 5) is 11.7. The van der Waals surface area contributed by atoms with Gasteiger partial charge in [-0.05, 0) is 49.9 Å². The van der Waals surface area contributed by atoms with Crippen molar-refractivity contribution in [1.29, 1.82) is 0 Å². The van der Waals surface area contributed by atoms with Gasteiger partial charge in [0.25, 0.3) is 0 Å². The van der Waals surface area contributed by atoms with Crippen molar-refractivity contribution in [2.24, 2.45) is 5.41 Å². The van der Waals surface area contributed by atoms with E-state index < -0.39 is 0 Å². The molecule has 1 saturated carbocycles. The predicted octanol–water partition coefficient (Wildman–Crippen LogP) is 1.96. The molecule has 0 unspecified atom stereocenters. The minimum absolute atomic E-state index is 0.0199. The number of aryl methyl sites for hydroxylation is 2. The molecule has 1 aromatic carbocycles. The first-order chi connectivity index (χ1) is 9.54. The third-order valence-corrected chi connectivity index (χ3v) is 4.03. The number of aliphatic hydroxyl groups excluding tert-OH is 1. The zero-order valence-electron chi connectivity index (χ0n) is 12.2. The second-order valence-corrected chi connectivity index (χ2v) is 5.78. The third-order valence-electron chi connectivity index (χ3n) is 4.03. The number of amides is 1. The largest absolute Gasteiger partial charge is 0.493 e. The minimum Gasteiger partial charge on any atom is -0.493 e. The molecule has 0 aliphatic heterocycles. The second kappa shape index (κ2) is 6.27. The van der Waals surface area contributed by atoms with Crippen molar-refractivity contribution in [3.8, 4) is 5.75 Å². The molecule has 0 radical (unpaired) electrons. The summed E-state index contributed by atoms with van der Waals surface area (Å²) in [5.74, 6) is 0.781. The van der Waals surface area contributed by atoms with E-state index in [2.05, 4.69) is 12.2 Å². The van der Waals surface area contributed by atoms with Crippen molar-refractivity contribution in [3.05, 3.63) is 29.3 Å². The van der Waals surface area contributed by atoms with Gasteiger partial charge in [-0.2, -0.15) is 0 Å². The number of aliphatic hydroxyl groups is 1. The molecule has 0 aromatic heterocycles. The molecule has 1 amide bonds. The molecular formula is C16H23NO3. The maximum Gasteiger partial charge on any atom is 0.223 e. The Labute approximate surface area is 120 Å². The number of nitrogens with one attached hydrogen (secondary N) is 1. The number of benzene rings is 1. The van der Waals surface area contributed by atoms with E-state index in [1.165, 1.54) is 11.1 Å². The average Bonchev–Trinajstić information content (AvgIpc) is 3.21. The highest BCUT2D eigenvalue weighted by molar-refractivity contribution is 5.76. The highest BCUT2D eigenvalue weighted by Crippen LogP contribution is 2.44. The van der Waals surface area contributed by atoms with Crippen LogP contribution in [-0.2, 0) is 4.79 Å². The van der Waals surface area contributed by atoms with E-state index in [-0.39, 0.29) is 17.9 Å². The monoisotopic (exact) mass is 277 g/mol. The first kappa shape index (κ1) is 14.9. The van der Waals surface area contributed by atoms with Crippen LogP contribution < -0.4 is 10.1 Å². The topological polar surface area (TPSA) is 58.6 Å². The van der Waals surface area contributed by atoms with Gasteiger partial charge in [0, 0.05) is 12.0 Å². The molecular weight excluding hydrogens is 254 g/mol. The minimum atomic E-state index is -0.0371. The molecule has 110 valence electrons. The van der Waals surface area contributed by atoms with Crippen molar-refractivity contribution >= 4 is 5.91 Å². The van der Waals surface area contributed by atoms with Gasteiger partial charge in [0.15, 0.2) is 0 Å². The van der Waals surface area contributed by atoms with Gasteiger partial charge in [0.05, 0.1) is 19.6 Å². The summed E-state index contributed by atoms with van der Waals surface area (Å²) in [5, 5.41) is 12.0. The fourth-order valence-corrected chi connectivity index (χ4v) is 2.01. The molecule has 1 aromatic rings. The van der Waals surface area contributed by atoms with Crippen LogP contribution in [0.3, 0.4) is 0 Å². The van der Waals surface area contributed by atoms with Gasteiger partial charge in [-0.15, -0.1) is 0 Å². The molecule has 1 fully saturated rings. The van der Waals surface area contributed by atoms with Gasteiger partial charge in [0.2, 0.25) is 5.91 Å². The van der Waals surface area contributed by atoms with Crippen LogP contribution in [0.25, 0.3) is 0 Å². The lowest BCUT2D eigenvalue weighted by Crippen LogP contribution is -2.32. The van der Waals surface area contributed by atoms with E-state index in [0.29, 0.717) is 19.6 Å². The first-order valence-electron chi connectivity index (χ1n) is 7.12. The Morgan fingerprint density at radius 1 is 1.35 bits per heavy atom. The molecule has 1 aliphatic rings. The van der Waals surface area contributed by atoms with Crippen LogP contribution in [0.2, 0.25) is 0 Å². The zero-order chi connectivity index (χ0) is 14.6. The summed E-state index contributed by atoms with van der Waals surface area (Å²) in [5.41, 5.74) is 2.38. The molecule has 0 atom stereocenters. The second-order valence-electron chi connectivity index (χ2n) is 5.78. The summed E-state index contributed by atoms with van der Waals surface area (Å²) in [6.45, 7) is 5.21. The van der Waals surface area contributed by atoms with Crippen molar-refractivity contribution in [3.63, 3.8) is 0 Å². The Bertz CT molecular complexity index is 481. The van der Waals surface area contributed by atoms with Crippen LogP contribution in [0.1, 0.15) is 30.4 Å². The number of hydrogen-bond donors (Lipinski definition) is 2. The molecule has 0 heterocycles. The molecule has 0 bridgehead atoms. The number of rotatable bonds is 7. The quantitative estimate of drug-likeness (QED) is 0.801. The van der Waals surface area contributed by atoms with Gasteiger partial charge in [0.1, 0.15) is 5.75 Å². The molecule has 2 N–H and O–H groups in total. The van der Waals surface area contributed by atoms with E-state index in [1.807, 2.05) is 25.1 Å². The lowest BCUT2D eigenvalue weighted by molar-refractivity contribution is -0.121. The van der Waals surface area contributed by atoms with Crippen LogP contribution in [0.4, 0.5) is 0 Å². The lowest BCUT2D eigenvalue weighted by Gasteiger charge is -2.13. The van der Waals surface area contributed by atoms with Gasteiger partial charge < -0.3 is 15.2 Å². The molecule has 20 heavy (non-hydrogen) atoms. The summed E-state index contributed by atoms with van der Waals surface area (Å²) in [7, 11) is 0. The standard InChI is InChI=1S/C16H23NO3/c1-12-3-4-14(9-13(12)2)20-8-5-15(19)17-10-16(11-18)6-7-16/h3-4,9,18H,5-8,10-11H2,1-2H3,(H,17,19). The highest BCUT2D eigenvalue weighted by atomic mass is 16.5. The Morgan fingerprint density at radius 3 is 2.70 bits per heavy atom. The van der Waals surface area contributed by atoms with E-state index in [1.54, 1.807) is 0 Å². The molecule has 4 nitrogen and oxygen atoms in total. The number of carbonyl (C=O) groups excluding carboxylic acids is 1. The lowest BCUT2D eigenvalue weighted by atomic mass is 10.1. The van der Waals surface area contributed by atoms with Crippen molar-refractivity contribution in [2.45, 2.75) is 33.1 Å². The van der Waals surface area contributed by atoms with Crippen molar-refractivity contribution in [2.75, 3.05) is 19.8 Å². The number of hydrogen-bond acceptors (Lipinski definition) is 3. The summed E-state index contributed by atoms with van der Waals surface area (Å²) in [6.07, 6.45) is 2.35.